The van der Waals surface area contributed by atoms with Gasteiger partial charge in [-0.1, -0.05) is 188 Å². The fraction of sp³-hybridized carbons (Fsp3) is 0.419. The Hall–Kier alpha value is -7.37. The highest BCUT2D eigenvalue weighted by atomic mass is 35.5. The molecule has 2 fully saturated rings. The van der Waals surface area contributed by atoms with Crippen LogP contribution in [0.15, 0.2) is 73.2 Å². The van der Waals surface area contributed by atoms with Crippen LogP contribution in [-0.2, 0) is 76.0 Å². The fourth-order valence-corrected chi connectivity index (χ4v) is 19.1. The van der Waals surface area contributed by atoms with E-state index in [1.807, 2.05) is 78.0 Å². The number of morpholine rings is 2. The van der Waals surface area contributed by atoms with E-state index >= 15 is 0 Å². The maximum absolute atomic E-state index is 12.9. The van der Waals surface area contributed by atoms with E-state index in [1.165, 1.54) is 0 Å². The summed E-state index contributed by atoms with van der Waals surface area (Å²) in [7, 11) is 5.27. The molecule has 2 amide bonds. The number of carbonyl (C=O) groups is 2. The first-order valence-electron chi connectivity index (χ1n) is 41.6. The molecule has 0 spiro atoms. The highest BCUT2D eigenvalue weighted by molar-refractivity contribution is 6.77. The number of carbonyl (C=O) groups excluding carboxylic acids is 2. The largest absolute Gasteiger partial charge is 0.496 e. The molecular formula is C86H102Cl12N20O9Si3. The molecule has 2 saturated heterocycles. The van der Waals surface area contributed by atoms with Crippen molar-refractivity contribution in [1.29, 1.82) is 0 Å². The molecular weight excluding hydrogens is 1970 g/mol. The second kappa shape index (κ2) is 47.2. The number of amides is 2. The number of halogens is 12. The molecule has 0 unspecified atom stereocenters. The second-order valence-corrected chi connectivity index (χ2v) is 55.1. The predicted octanol–water partition coefficient (Wildman–Crippen LogP) is 21.3. The SMILES string of the molecule is CNc1nc(Cc2ccc(C(=O)N3CCOCC3)cc2OC)nc2c1C(Cl)=CC2.CNc1nc(Cc2ccc(C(=O)N3CCOCC3)cc2OC)nc2c1c(Cl)cn2COCC[Si](C)(C)C.CNc1nc(Cl)nc2c1c(Cl)cn2COCC[Si](C)(C)C.C[Si](C)(C)CCOCn1cc(Cl)c2c(Cl)nc(Cl)nc21.ClC1=CCc2nc(Cl)nc(Cl)c21.Clc1nc(Cl)c2c(n1)CC=C2. The molecule has 9 aromatic heterocycles. The quantitative estimate of drug-likeness (QED) is 0.0196. The number of methoxy groups -OCH3 is 2. The maximum atomic E-state index is 12.9. The summed E-state index contributed by atoms with van der Waals surface area (Å²) in [4.78, 5) is 80.2. The van der Waals surface area contributed by atoms with Gasteiger partial charge in [0.25, 0.3) is 11.8 Å². The number of benzene rings is 2. The zero-order valence-corrected chi connectivity index (χ0v) is 86.4. The van der Waals surface area contributed by atoms with Crippen molar-refractivity contribution in [2.45, 2.75) is 129 Å². The van der Waals surface area contributed by atoms with Gasteiger partial charge in [-0.2, -0.15) is 9.97 Å². The minimum atomic E-state index is -1.18. The standard InChI is InChI=1S/C26H36ClN5O4Si.C21H23ClN4O3.C13H20Cl2N4OSi.C12H16Cl3N3OSi.C7H3Cl3N2.C7H4Cl2N2/c1-28-24-23-20(27)16-32(17-36-12-13-37(3,4)5)25(23)30-22(29-24)15-18-6-7-19(14-21(18)34-2)26(33)31-8-10-35-11-9-31;1-23-20-19-15(22)5-6-16(19)24-18(25-20)12-13-3-4-14(11-17(13)28-2)21(27)26-7-9-29-10-8-26;1-16-11-10-9(14)7-19(12(10)18-13(15)17-11)8-20-5-6-21(2,3)4;1-20(2,3)5-4-19-7-18-6-8(13)9-10(14)16-12(15)17-11(9)18;8-3-1-2-4-5(3)6(9)12-7(10)11-4;8-6-4-2-1-3-5(4)10-7(9)11-6/h6-7,14,16H,8-13,15,17H2,1-5H3,(H,28,29,30);3-5,11H,6-10,12H2,1-2H3,(H,23,24,25);7H,5-6,8H2,1-4H3,(H,16,17,18);6H,4-5,7H2,1-3H3;1H,2H2;1-2H,3H2. The first-order valence-corrected chi connectivity index (χ1v) is 57.2. The van der Waals surface area contributed by atoms with Gasteiger partial charge in [-0.25, -0.2) is 49.8 Å². The summed E-state index contributed by atoms with van der Waals surface area (Å²) in [6.45, 7) is 28.9. The van der Waals surface area contributed by atoms with Gasteiger partial charge in [0.2, 0.25) is 21.1 Å². The van der Waals surface area contributed by atoms with Crippen molar-refractivity contribution in [2.75, 3.05) is 124 Å². The Morgan fingerprint density at radius 3 is 1.27 bits per heavy atom. The van der Waals surface area contributed by atoms with E-state index in [4.69, 9.17) is 182 Å². The first kappa shape index (κ1) is 103. The lowest BCUT2D eigenvalue weighted by Gasteiger charge is -2.27. The first-order chi connectivity index (χ1) is 61.8. The summed E-state index contributed by atoms with van der Waals surface area (Å²) in [6, 6.07) is 14.4. The van der Waals surface area contributed by atoms with Gasteiger partial charge in [0.05, 0.1) is 100 Å². The summed E-state index contributed by atoms with van der Waals surface area (Å²) in [5.41, 5.74) is 10.1. The minimum Gasteiger partial charge on any atom is -0.496 e. The number of fused-ring (bicyclic) bond motifs is 6. The number of hydrogen-bond donors (Lipinski definition) is 3. The van der Waals surface area contributed by atoms with E-state index in [1.54, 1.807) is 60.2 Å². The Balaban J connectivity index is 0.000000158. The molecule has 3 aliphatic carbocycles. The molecule has 11 aromatic rings. The van der Waals surface area contributed by atoms with Gasteiger partial charge >= 0.3 is 0 Å². The molecule has 2 aliphatic heterocycles. The van der Waals surface area contributed by atoms with Gasteiger partial charge in [0.15, 0.2) is 5.65 Å². The Kier molecular flexibility index (Phi) is 37.5. The van der Waals surface area contributed by atoms with Gasteiger partial charge in [-0.3, -0.25) is 9.59 Å². The Labute approximate surface area is 818 Å². The summed E-state index contributed by atoms with van der Waals surface area (Å²) < 4.78 is 44.9. The van der Waals surface area contributed by atoms with E-state index < -0.39 is 24.2 Å². The number of aromatic nitrogens is 15. The van der Waals surface area contributed by atoms with E-state index in [0.29, 0.717) is 214 Å². The molecule has 0 saturated carbocycles. The molecule has 0 bridgehead atoms. The van der Waals surface area contributed by atoms with Gasteiger partial charge in [-0.15, -0.1) is 0 Å². The van der Waals surface area contributed by atoms with Gasteiger partial charge in [0, 0.05) is 180 Å². The Morgan fingerprint density at radius 2 is 0.808 bits per heavy atom. The third-order valence-electron chi connectivity index (χ3n) is 20.6. The molecule has 16 rings (SSSR count). The van der Waals surface area contributed by atoms with Crippen molar-refractivity contribution in [3.8, 4) is 11.5 Å². The second-order valence-electron chi connectivity index (χ2n) is 33.7. The van der Waals surface area contributed by atoms with Crippen LogP contribution in [0.1, 0.15) is 77.3 Å². The van der Waals surface area contributed by atoms with Crippen LogP contribution in [0.3, 0.4) is 0 Å². The van der Waals surface area contributed by atoms with Crippen LogP contribution in [0.4, 0.5) is 17.5 Å². The molecule has 11 heterocycles. The van der Waals surface area contributed by atoms with Crippen LogP contribution in [0.5, 0.6) is 11.5 Å². The number of allylic oxidation sites excluding steroid dienone is 3. The fourth-order valence-electron chi connectivity index (χ4n) is 13.7. The lowest BCUT2D eigenvalue weighted by molar-refractivity contribution is 0.0301. The highest BCUT2D eigenvalue weighted by Crippen LogP contribution is 2.39. The summed E-state index contributed by atoms with van der Waals surface area (Å²) in [6.07, 6.45) is 16.2. The minimum absolute atomic E-state index is 0.00915. The van der Waals surface area contributed by atoms with E-state index in [2.05, 4.69) is 125 Å². The monoisotopic (exact) mass is 2060 g/mol. The average molecular weight is 2070 g/mol. The summed E-state index contributed by atoms with van der Waals surface area (Å²) in [5, 5.41) is 16.0. The average Bonchev–Trinajstić information content (AvgIpc) is 1.63. The van der Waals surface area contributed by atoms with Crippen molar-refractivity contribution in [2.24, 2.45) is 0 Å². The molecule has 3 N–H and O–H groups in total. The van der Waals surface area contributed by atoms with Crippen molar-refractivity contribution >= 4 is 242 Å². The van der Waals surface area contributed by atoms with Gasteiger partial charge < -0.3 is 72.6 Å². The normalized spacial score (nSPS) is 13.9. The van der Waals surface area contributed by atoms with Crippen molar-refractivity contribution in [1.82, 2.24) is 83.3 Å². The Bertz CT molecular complexity index is 5980. The molecule has 130 heavy (non-hydrogen) atoms. The zero-order valence-electron chi connectivity index (χ0n) is 74.4. The molecule has 696 valence electrons. The van der Waals surface area contributed by atoms with Crippen LogP contribution < -0.4 is 25.4 Å². The van der Waals surface area contributed by atoms with Crippen molar-refractivity contribution in [3.63, 3.8) is 0 Å². The number of nitrogens with one attached hydrogen (secondary N) is 3. The number of nitrogens with zero attached hydrogens (tertiary/aromatic N) is 17. The van der Waals surface area contributed by atoms with Crippen LogP contribution in [0, 0.1) is 0 Å². The molecule has 0 atom stereocenters. The van der Waals surface area contributed by atoms with E-state index in [-0.39, 0.29) is 38.1 Å². The molecule has 5 aliphatic rings. The highest BCUT2D eigenvalue weighted by Gasteiger charge is 2.28. The molecule has 44 heteroatoms. The van der Waals surface area contributed by atoms with Crippen molar-refractivity contribution in [3.05, 3.63) is 193 Å². The van der Waals surface area contributed by atoms with Gasteiger partial charge in [0.1, 0.15) is 87.5 Å². The maximum Gasteiger partial charge on any atom is 0.254 e. The zero-order chi connectivity index (χ0) is 94.1. The molecule has 29 nitrogen and oxygen atoms in total. The third kappa shape index (κ3) is 27.9. The number of hydrogen-bond acceptors (Lipinski definition) is 24. The molecule has 2 aromatic carbocycles. The third-order valence-corrected chi connectivity index (χ3v) is 28.8. The van der Waals surface area contributed by atoms with Crippen LogP contribution in [-0.4, -0.2) is 227 Å². The summed E-state index contributed by atoms with van der Waals surface area (Å²) in [5.74, 6) is 4.53. The number of anilines is 3. The predicted molar refractivity (Wildman–Crippen MR) is 533 cm³/mol. The molecule has 0 radical (unpaired) electrons. The van der Waals surface area contributed by atoms with Crippen LogP contribution in [0.2, 0.25) is 129 Å². The number of rotatable bonds is 26. The van der Waals surface area contributed by atoms with Crippen molar-refractivity contribution < 1.29 is 42.7 Å². The topological polar surface area (TPSA) is 311 Å². The lowest BCUT2D eigenvalue weighted by Crippen LogP contribution is -2.40. The number of ether oxygens (including phenoxy) is 7. The lowest BCUT2D eigenvalue weighted by atomic mass is 10.1. The summed E-state index contributed by atoms with van der Waals surface area (Å²) >= 11 is 71.7. The smallest absolute Gasteiger partial charge is 0.254 e. The Morgan fingerprint density at radius 1 is 0.423 bits per heavy atom. The van der Waals surface area contributed by atoms with Crippen LogP contribution >= 0.6 is 139 Å². The van der Waals surface area contributed by atoms with Gasteiger partial charge in [-0.05, 0) is 88.8 Å². The van der Waals surface area contributed by atoms with Crippen LogP contribution in [0.25, 0.3) is 49.2 Å². The van der Waals surface area contributed by atoms with E-state index in [0.717, 1.165) is 93.7 Å². The van der Waals surface area contributed by atoms with E-state index in [9.17, 15) is 9.59 Å².